The highest BCUT2D eigenvalue weighted by Gasteiger charge is 2.32. The van der Waals surface area contributed by atoms with Crippen molar-refractivity contribution in [2.45, 2.75) is 12.8 Å². The van der Waals surface area contributed by atoms with E-state index in [2.05, 4.69) is 31.9 Å². The fraction of sp³-hybridized carbons (Fsp3) is 0.167. The van der Waals surface area contributed by atoms with Gasteiger partial charge < -0.3 is 10.1 Å². The van der Waals surface area contributed by atoms with Crippen molar-refractivity contribution in [1.29, 1.82) is 5.26 Å². The molecule has 0 saturated heterocycles. The summed E-state index contributed by atoms with van der Waals surface area (Å²) in [5, 5.41) is 27.8. The maximum absolute atomic E-state index is 11.7. The Morgan fingerprint density at radius 3 is 3.11 bits per heavy atom. The molecule has 4 rings (SSSR count). The lowest BCUT2D eigenvalue weighted by Crippen LogP contribution is -2.17. The van der Waals surface area contributed by atoms with Crippen molar-refractivity contribution in [3.8, 4) is 6.07 Å². The zero-order valence-electron chi connectivity index (χ0n) is 14.3. The first-order chi connectivity index (χ1) is 13.2. The average molecular weight is 362 g/mol. The van der Waals surface area contributed by atoms with Crippen LogP contribution in [0.4, 0.5) is 5.82 Å². The van der Waals surface area contributed by atoms with Crippen molar-refractivity contribution < 1.29 is 14.2 Å². The molecule has 27 heavy (non-hydrogen) atoms. The van der Waals surface area contributed by atoms with Crippen molar-refractivity contribution in [3.05, 3.63) is 58.9 Å². The summed E-state index contributed by atoms with van der Waals surface area (Å²) in [6.45, 7) is 2.00. The van der Waals surface area contributed by atoms with E-state index < -0.39 is 11.9 Å². The molecule has 0 aliphatic carbocycles. The van der Waals surface area contributed by atoms with Gasteiger partial charge in [-0.2, -0.15) is 10.4 Å². The lowest BCUT2D eigenvalue weighted by molar-refractivity contribution is -0.137. The van der Waals surface area contributed by atoms with Gasteiger partial charge in [0.15, 0.2) is 5.82 Å². The number of anilines is 1. The van der Waals surface area contributed by atoms with Gasteiger partial charge in [-0.3, -0.25) is 5.10 Å². The molecular weight excluding hydrogens is 348 g/mol. The van der Waals surface area contributed by atoms with E-state index in [0.717, 1.165) is 11.1 Å². The van der Waals surface area contributed by atoms with Crippen LogP contribution >= 0.6 is 0 Å². The molecular formula is C18H14N6O3. The maximum atomic E-state index is 11.7. The molecule has 0 spiro atoms. The molecule has 0 radical (unpaired) electrons. The van der Waals surface area contributed by atoms with Gasteiger partial charge in [0.05, 0.1) is 29.9 Å². The number of carbonyl (C=O) groups excluding carboxylic acids is 1. The summed E-state index contributed by atoms with van der Waals surface area (Å²) in [7, 11) is 0. The molecule has 1 aliphatic heterocycles. The van der Waals surface area contributed by atoms with Crippen molar-refractivity contribution in [3.63, 3.8) is 0 Å². The van der Waals surface area contributed by atoms with Gasteiger partial charge in [0.25, 0.3) is 0 Å². The normalized spacial score (nSPS) is 16.2. The summed E-state index contributed by atoms with van der Waals surface area (Å²) in [6, 6.07) is 7.71. The standard InChI is InChI=1S/C18H14N6O3/c1-2-26-15(25)7-6-13-11(8-19)16(12-9-20-22-18(12)21-13)10-4-3-5-14-17(10)24-27-23-14/h3-7,9,16H,2H2,1H3,(H2,20,21,22). The van der Waals surface area contributed by atoms with Crippen LogP contribution in [-0.4, -0.2) is 33.1 Å². The summed E-state index contributed by atoms with van der Waals surface area (Å²) in [5.41, 5.74) is 3.59. The number of aromatic amines is 1. The number of benzene rings is 1. The van der Waals surface area contributed by atoms with Gasteiger partial charge in [-0.25, -0.2) is 9.42 Å². The number of nitrogens with zero attached hydrogens (tertiary/aromatic N) is 4. The van der Waals surface area contributed by atoms with Crippen LogP contribution in [0.5, 0.6) is 0 Å². The summed E-state index contributed by atoms with van der Waals surface area (Å²) < 4.78 is 9.76. The fourth-order valence-electron chi connectivity index (χ4n) is 3.11. The first-order valence-corrected chi connectivity index (χ1v) is 8.24. The minimum absolute atomic E-state index is 0.272. The van der Waals surface area contributed by atoms with E-state index in [1.165, 1.54) is 12.2 Å². The quantitative estimate of drug-likeness (QED) is 0.534. The lowest BCUT2D eigenvalue weighted by Gasteiger charge is -2.24. The minimum Gasteiger partial charge on any atom is -0.463 e. The number of fused-ring (bicyclic) bond motifs is 2. The van der Waals surface area contributed by atoms with Crippen LogP contribution in [-0.2, 0) is 9.53 Å². The Morgan fingerprint density at radius 1 is 1.41 bits per heavy atom. The molecule has 1 aliphatic rings. The van der Waals surface area contributed by atoms with E-state index in [9.17, 15) is 10.1 Å². The molecule has 0 amide bonds. The predicted molar refractivity (Wildman–Crippen MR) is 94.3 cm³/mol. The van der Waals surface area contributed by atoms with Crippen LogP contribution in [0, 0.1) is 11.3 Å². The number of nitrogens with one attached hydrogen (secondary N) is 2. The summed E-state index contributed by atoms with van der Waals surface area (Å²) in [6.07, 6.45) is 4.51. The van der Waals surface area contributed by atoms with E-state index in [1.54, 1.807) is 19.2 Å². The third kappa shape index (κ3) is 2.83. The Labute approximate surface area is 153 Å². The number of carbonyl (C=O) groups is 1. The first kappa shape index (κ1) is 16.5. The van der Waals surface area contributed by atoms with Crippen LogP contribution in [0.3, 0.4) is 0 Å². The Morgan fingerprint density at radius 2 is 2.30 bits per heavy atom. The SMILES string of the molecule is CCOC(=O)C=CC1=C(C#N)C(c2cccc3nonc23)c2c[nH]nc2N1. The Bertz CT molecular complexity index is 1120. The Hall–Kier alpha value is -3.93. The van der Waals surface area contributed by atoms with Crippen LogP contribution in [0.2, 0.25) is 0 Å². The van der Waals surface area contributed by atoms with Crippen molar-refractivity contribution in [2.75, 3.05) is 11.9 Å². The van der Waals surface area contributed by atoms with Crippen molar-refractivity contribution in [1.82, 2.24) is 20.5 Å². The van der Waals surface area contributed by atoms with Crippen LogP contribution in [0.15, 0.2) is 52.4 Å². The number of rotatable bonds is 4. The largest absolute Gasteiger partial charge is 0.463 e. The highest BCUT2D eigenvalue weighted by molar-refractivity contribution is 5.84. The maximum Gasteiger partial charge on any atom is 0.330 e. The van der Waals surface area contributed by atoms with Crippen LogP contribution in [0.25, 0.3) is 11.0 Å². The molecule has 9 nitrogen and oxygen atoms in total. The second kappa shape index (κ2) is 6.76. The van der Waals surface area contributed by atoms with Gasteiger partial charge in [-0.15, -0.1) is 0 Å². The monoisotopic (exact) mass is 362 g/mol. The average Bonchev–Trinajstić information content (AvgIpc) is 3.34. The van der Waals surface area contributed by atoms with Crippen molar-refractivity contribution >= 4 is 22.8 Å². The second-order valence-corrected chi connectivity index (χ2v) is 5.75. The number of ether oxygens (including phenoxy) is 1. The zero-order chi connectivity index (χ0) is 18.8. The molecule has 0 fully saturated rings. The smallest absolute Gasteiger partial charge is 0.330 e. The molecule has 3 heterocycles. The fourth-order valence-corrected chi connectivity index (χ4v) is 3.11. The molecule has 3 aromatic rings. The minimum atomic E-state index is -0.490. The third-order valence-electron chi connectivity index (χ3n) is 4.23. The summed E-state index contributed by atoms with van der Waals surface area (Å²) in [4.78, 5) is 11.7. The van der Waals surface area contributed by atoms with Gasteiger partial charge in [0.1, 0.15) is 11.0 Å². The number of hydrogen-bond donors (Lipinski definition) is 2. The number of aromatic nitrogens is 4. The lowest BCUT2D eigenvalue weighted by atomic mass is 9.82. The Balaban J connectivity index is 1.87. The second-order valence-electron chi connectivity index (χ2n) is 5.75. The zero-order valence-corrected chi connectivity index (χ0v) is 14.3. The summed E-state index contributed by atoms with van der Waals surface area (Å²) in [5.74, 6) is -0.366. The molecule has 134 valence electrons. The molecule has 1 aromatic carbocycles. The van der Waals surface area contributed by atoms with Crippen LogP contribution in [0.1, 0.15) is 24.0 Å². The molecule has 0 saturated carbocycles. The Kier molecular flexibility index (Phi) is 4.14. The molecule has 1 unspecified atom stereocenters. The van der Waals surface area contributed by atoms with Gasteiger partial charge >= 0.3 is 5.97 Å². The van der Waals surface area contributed by atoms with Gasteiger partial charge in [0.2, 0.25) is 0 Å². The van der Waals surface area contributed by atoms with Gasteiger partial charge in [-0.05, 0) is 34.9 Å². The summed E-state index contributed by atoms with van der Waals surface area (Å²) >= 11 is 0. The van der Waals surface area contributed by atoms with E-state index in [0.29, 0.717) is 28.1 Å². The predicted octanol–water partition coefficient (Wildman–Crippen LogP) is 2.40. The number of hydrogen-bond acceptors (Lipinski definition) is 8. The van der Waals surface area contributed by atoms with Gasteiger partial charge in [-0.1, -0.05) is 12.1 Å². The highest BCUT2D eigenvalue weighted by atomic mass is 16.6. The van der Waals surface area contributed by atoms with Gasteiger partial charge in [0, 0.05) is 17.8 Å². The van der Waals surface area contributed by atoms with E-state index in [-0.39, 0.29) is 6.61 Å². The van der Waals surface area contributed by atoms with E-state index in [1.807, 2.05) is 12.1 Å². The van der Waals surface area contributed by atoms with E-state index in [4.69, 9.17) is 9.37 Å². The van der Waals surface area contributed by atoms with Crippen LogP contribution < -0.4 is 5.32 Å². The highest BCUT2D eigenvalue weighted by Crippen LogP contribution is 2.42. The molecule has 2 N–H and O–H groups in total. The number of allylic oxidation sites excluding steroid dienone is 2. The number of nitriles is 1. The molecule has 1 atom stereocenters. The molecule has 9 heteroatoms. The van der Waals surface area contributed by atoms with Crippen molar-refractivity contribution in [2.24, 2.45) is 0 Å². The molecule has 2 aromatic heterocycles. The number of H-pyrrole nitrogens is 1. The molecule has 0 bridgehead atoms. The van der Waals surface area contributed by atoms with E-state index >= 15 is 0 Å². The first-order valence-electron chi connectivity index (χ1n) is 8.24. The number of esters is 1. The third-order valence-corrected chi connectivity index (χ3v) is 4.23. The topological polar surface area (TPSA) is 130 Å².